The summed E-state index contributed by atoms with van der Waals surface area (Å²) in [5.74, 6) is 0. The van der Waals surface area contributed by atoms with Gasteiger partial charge in [-0.1, -0.05) is 184 Å². The van der Waals surface area contributed by atoms with E-state index in [4.69, 9.17) is 27.9 Å². The van der Waals surface area contributed by atoms with Gasteiger partial charge in [-0.3, -0.25) is 0 Å². The molecule has 0 aliphatic rings. The van der Waals surface area contributed by atoms with Crippen LogP contribution >= 0.6 is 0 Å². The van der Waals surface area contributed by atoms with E-state index in [9.17, 15) is 0 Å². The van der Waals surface area contributed by atoms with Crippen LogP contribution in [0.2, 0.25) is 12.6 Å². The van der Waals surface area contributed by atoms with Gasteiger partial charge in [-0.2, -0.15) is 0 Å². The van der Waals surface area contributed by atoms with Crippen molar-refractivity contribution in [3.05, 3.63) is 0 Å². The average Bonchev–Trinajstić information content (AvgIpc) is 3.09. The van der Waals surface area contributed by atoms with Crippen molar-refractivity contribution in [2.45, 2.75) is 222 Å². The molecule has 292 valence electrons. The van der Waals surface area contributed by atoms with Crippen LogP contribution in [0.25, 0.3) is 0 Å². The van der Waals surface area contributed by atoms with Crippen molar-refractivity contribution in [3.63, 3.8) is 0 Å². The van der Waals surface area contributed by atoms with Gasteiger partial charge in [-0.05, 0) is 38.5 Å². The van der Waals surface area contributed by atoms with Crippen LogP contribution in [-0.4, -0.2) is 76.2 Å². The van der Waals surface area contributed by atoms with Crippen molar-refractivity contribution in [3.8, 4) is 0 Å². The Bertz CT molecular complexity index is 502. The van der Waals surface area contributed by atoms with Gasteiger partial charge in [0, 0.05) is 39.6 Å². The third kappa shape index (κ3) is 35.5. The van der Waals surface area contributed by atoms with Gasteiger partial charge >= 0.3 is 36.6 Å². The number of rotatable bonds is 38. The van der Waals surface area contributed by atoms with Gasteiger partial charge < -0.3 is 27.9 Å². The Labute approximate surface area is 324 Å². The maximum atomic E-state index is 6.21. The molecule has 0 spiro atoms. The zero-order chi connectivity index (χ0) is 35.9. The summed E-state index contributed by atoms with van der Waals surface area (Å²) in [6, 6.07) is 0. The monoisotopic (exact) mass is 711 g/mol. The summed E-state index contributed by atoms with van der Waals surface area (Å²) in [5.41, 5.74) is 0. The van der Waals surface area contributed by atoms with E-state index in [1.807, 2.05) is 0 Å². The summed E-state index contributed by atoms with van der Waals surface area (Å²) in [5, 5.41) is 0. The second-order valence-electron chi connectivity index (χ2n) is 14.0. The molecule has 0 heterocycles. The summed E-state index contributed by atoms with van der Waals surface area (Å²) in [6.45, 7) is 19.1. The summed E-state index contributed by atoms with van der Waals surface area (Å²) in [7, 11) is 0. The van der Waals surface area contributed by atoms with E-state index >= 15 is 0 Å². The largest absolute Gasteiger partial charge is 2.00 e. The van der Waals surface area contributed by atoms with Crippen LogP contribution < -0.4 is 0 Å². The molecular formula is C40H88B2MgO6. The first-order valence-electron chi connectivity index (χ1n) is 21.6. The number of hydrogen-bond donors (Lipinski definition) is 0. The van der Waals surface area contributed by atoms with Crippen LogP contribution in [-0.2, 0) is 27.9 Å². The van der Waals surface area contributed by atoms with Crippen molar-refractivity contribution in [2.24, 2.45) is 0 Å². The molecule has 0 rings (SSSR count). The fraction of sp³-hybridized carbons (Fsp3) is 1.00. The van der Waals surface area contributed by atoms with Crippen LogP contribution in [0.15, 0.2) is 0 Å². The third-order valence-corrected chi connectivity index (χ3v) is 9.04. The predicted octanol–water partition coefficient (Wildman–Crippen LogP) is 13.1. The summed E-state index contributed by atoms with van der Waals surface area (Å²) >= 11 is 0. The first-order valence-corrected chi connectivity index (χ1v) is 21.6. The molecule has 0 aromatic carbocycles. The van der Waals surface area contributed by atoms with E-state index in [1.54, 1.807) is 0 Å². The second-order valence-corrected chi connectivity index (χ2v) is 14.0. The van der Waals surface area contributed by atoms with Gasteiger partial charge in [0.15, 0.2) is 0 Å². The Morgan fingerprint density at radius 3 is 0.633 bits per heavy atom. The minimum Gasteiger partial charge on any atom is -0.544 e. The molecule has 0 fully saturated rings. The van der Waals surface area contributed by atoms with Crippen molar-refractivity contribution >= 4 is 36.6 Å². The SMILES string of the molecule is CCCCCCCC[B-](OCCCC)(OCCCC)OCCCC.CCCCCCCC[B-](OCCCC)(OCCCC)OCCCC.[Mg+2]. The third-order valence-electron chi connectivity index (χ3n) is 9.04. The smallest absolute Gasteiger partial charge is 0.544 e. The topological polar surface area (TPSA) is 55.4 Å². The van der Waals surface area contributed by atoms with Crippen LogP contribution in [0, 0.1) is 0 Å². The fourth-order valence-corrected chi connectivity index (χ4v) is 5.58. The molecule has 0 amide bonds. The zero-order valence-electron chi connectivity index (χ0n) is 34.9. The summed E-state index contributed by atoms with van der Waals surface area (Å²) < 4.78 is 37.3. The Morgan fingerprint density at radius 1 is 0.245 bits per heavy atom. The maximum Gasteiger partial charge on any atom is 2.00 e. The van der Waals surface area contributed by atoms with Crippen molar-refractivity contribution in [2.75, 3.05) is 39.6 Å². The molecule has 0 aliphatic heterocycles. The number of hydrogen-bond acceptors (Lipinski definition) is 6. The van der Waals surface area contributed by atoms with Gasteiger partial charge in [-0.15, -0.1) is 0 Å². The Hall–Kier alpha value is 0.656. The molecule has 0 aliphatic carbocycles. The molecule has 0 saturated heterocycles. The summed E-state index contributed by atoms with van der Waals surface area (Å²) in [4.78, 5) is 0. The first kappa shape index (κ1) is 54.0. The van der Waals surface area contributed by atoms with Gasteiger partial charge in [0.05, 0.1) is 0 Å². The fourth-order valence-electron chi connectivity index (χ4n) is 5.58. The molecular weight excluding hydrogens is 622 g/mol. The summed E-state index contributed by atoms with van der Waals surface area (Å²) in [6.07, 6.45) is 30.6. The average molecular weight is 711 g/mol. The minimum atomic E-state index is -1.55. The molecule has 0 aromatic rings. The van der Waals surface area contributed by atoms with Crippen LogP contribution in [0.3, 0.4) is 0 Å². The molecule has 0 atom stereocenters. The van der Waals surface area contributed by atoms with Crippen molar-refractivity contribution < 1.29 is 27.9 Å². The van der Waals surface area contributed by atoms with E-state index in [2.05, 4.69) is 55.4 Å². The van der Waals surface area contributed by atoms with Gasteiger partial charge in [0.1, 0.15) is 0 Å². The van der Waals surface area contributed by atoms with E-state index in [0.717, 1.165) is 142 Å². The quantitative estimate of drug-likeness (QED) is 0.0470. The molecule has 0 radical (unpaired) electrons. The predicted molar refractivity (Wildman–Crippen MR) is 219 cm³/mol. The standard InChI is InChI=1S/2C20H44BO3.Mg/c2*1-5-9-13-14-15-16-17-21(22-18-10-6-2,23-19-11-7-3)24-20-12-8-4;/h2*5-20H2,1-4H3;/q2*-1;+2. The Kier molecular flexibility index (Phi) is 47.5. The molecule has 0 saturated carbocycles. The molecule has 6 nitrogen and oxygen atoms in total. The van der Waals surface area contributed by atoms with Crippen LogP contribution in [0.1, 0.15) is 209 Å². The Morgan fingerprint density at radius 2 is 0.429 bits per heavy atom. The minimum absolute atomic E-state index is 0. The molecule has 0 aromatic heterocycles. The number of unbranched alkanes of at least 4 members (excludes halogenated alkanes) is 16. The zero-order valence-corrected chi connectivity index (χ0v) is 36.4. The van der Waals surface area contributed by atoms with Crippen molar-refractivity contribution in [1.29, 1.82) is 0 Å². The van der Waals surface area contributed by atoms with Gasteiger partial charge in [0.2, 0.25) is 0 Å². The van der Waals surface area contributed by atoms with Gasteiger partial charge in [0.25, 0.3) is 0 Å². The second kappa shape index (κ2) is 43.1. The Balaban J connectivity index is -0.000000846. The van der Waals surface area contributed by atoms with E-state index in [1.165, 1.54) is 64.2 Å². The maximum absolute atomic E-state index is 6.21. The van der Waals surface area contributed by atoms with E-state index < -0.39 is 13.5 Å². The molecule has 0 N–H and O–H groups in total. The molecule has 49 heavy (non-hydrogen) atoms. The van der Waals surface area contributed by atoms with E-state index in [0.29, 0.717) is 0 Å². The van der Waals surface area contributed by atoms with Gasteiger partial charge in [-0.25, -0.2) is 0 Å². The first-order chi connectivity index (χ1) is 23.5. The molecule has 9 heteroatoms. The van der Waals surface area contributed by atoms with E-state index in [-0.39, 0.29) is 23.1 Å². The molecule has 0 unspecified atom stereocenters. The van der Waals surface area contributed by atoms with Crippen molar-refractivity contribution in [1.82, 2.24) is 0 Å². The van der Waals surface area contributed by atoms with Crippen LogP contribution in [0.5, 0.6) is 0 Å². The molecule has 0 bridgehead atoms. The normalized spacial score (nSPS) is 11.8. The van der Waals surface area contributed by atoms with Crippen LogP contribution in [0.4, 0.5) is 0 Å².